The highest BCUT2D eigenvalue weighted by molar-refractivity contribution is 8.17. The molecule has 1 aliphatic heterocycles. The molecule has 1 aliphatic carbocycles. The molecule has 6 atom stereocenters. The summed E-state index contributed by atoms with van der Waals surface area (Å²) < 4.78 is 12.6. The van der Waals surface area contributed by atoms with Crippen LogP contribution in [-0.4, -0.2) is 18.4 Å². The average Bonchev–Trinajstić information content (AvgIpc) is 3.22. The highest BCUT2D eigenvalue weighted by Gasteiger charge is 2.57. The van der Waals surface area contributed by atoms with E-state index in [4.69, 9.17) is 9.47 Å². The van der Waals surface area contributed by atoms with Crippen molar-refractivity contribution in [2.45, 2.75) is 73.2 Å². The Labute approximate surface area is 242 Å². The van der Waals surface area contributed by atoms with Crippen molar-refractivity contribution in [1.29, 1.82) is 0 Å². The van der Waals surface area contributed by atoms with Crippen molar-refractivity contribution in [1.82, 2.24) is 0 Å². The van der Waals surface area contributed by atoms with Crippen LogP contribution in [0, 0.1) is 29.6 Å². The van der Waals surface area contributed by atoms with Gasteiger partial charge < -0.3 is 9.47 Å². The van der Waals surface area contributed by atoms with Crippen LogP contribution in [0.2, 0.25) is 0 Å². The second kappa shape index (κ2) is 12.5. The van der Waals surface area contributed by atoms with Crippen LogP contribution in [-0.2, 0) is 18.3 Å². The van der Waals surface area contributed by atoms with Gasteiger partial charge in [-0.15, -0.1) is 23.5 Å². The first-order valence-corrected chi connectivity index (χ1v) is 15.9. The molecule has 206 valence electrons. The molecule has 0 spiro atoms. The van der Waals surface area contributed by atoms with Gasteiger partial charge in [-0.1, -0.05) is 101 Å². The fourth-order valence-corrected chi connectivity index (χ4v) is 9.65. The number of esters is 1. The third kappa shape index (κ3) is 6.26. The lowest BCUT2D eigenvalue weighted by molar-refractivity contribution is -0.196. The molecule has 1 saturated heterocycles. The van der Waals surface area contributed by atoms with Gasteiger partial charge >= 0.3 is 5.97 Å². The van der Waals surface area contributed by atoms with Crippen LogP contribution in [0.4, 0.5) is 0 Å². The molecule has 1 saturated carbocycles. The van der Waals surface area contributed by atoms with Gasteiger partial charge in [0, 0.05) is 9.79 Å². The molecule has 5 heteroatoms. The van der Waals surface area contributed by atoms with E-state index < -0.39 is 10.4 Å². The van der Waals surface area contributed by atoms with Gasteiger partial charge in [0.05, 0.1) is 17.9 Å². The predicted molar refractivity (Wildman–Crippen MR) is 161 cm³/mol. The second-order valence-corrected chi connectivity index (χ2v) is 14.4. The normalized spacial score (nSPS) is 27.5. The molecule has 2 fully saturated rings. The smallest absolute Gasteiger partial charge is 0.311 e. The Balaban J connectivity index is 1.62. The molecular weight excluding hydrogens is 521 g/mol. The highest BCUT2D eigenvalue weighted by atomic mass is 32.2. The number of benzene rings is 3. The van der Waals surface area contributed by atoms with E-state index in [0.717, 1.165) is 28.2 Å². The van der Waals surface area contributed by atoms with Crippen molar-refractivity contribution in [3.8, 4) is 0 Å². The van der Waals surface area contributed by atoms with Crippen molar-refractivity contribution < 1.29 is 14.3 Å². The number of rotatable bonds is 9. The third-order valence-electron chi connectivity index (χ3n) is 8.35. The van der Waals surface area contributed by atoms with E-state index >= 15 is 0 Å². The van der Waals surface area contributed by atoms with E-state index in [2.05, 4.69) is 99.6 Å². The first kappa shape index (κ1) is 28.3. The van der Waals surface area contributed by atoms with Crippen molar-refractivity contribution >= 4 is 29.5 Å². The Morgan fingerprint density at radius 3 is 1.90 bits per heavy atom. The van der Waals surface area contributed by atoms with E-state index in [1.54, 1.807) is 0 Å². The second-order valence-electron chi connectivity index (χ2n) is 11.5. The monoisotopic (exact) mass is 560 g/mol. The molecule has 5 rings (SSSR count). The maximum atomic E-state index is 13.4. The predicted octanol–water partition coefficient (Wildman–Crippen LogP) is 9.04. The standard InChI is InChI=1S/C34H40O3S2/c1-23(2)29-21-20-24(3)22-30(29)36-33-31(25(4)32(35)37-33)34(26-14-8-5-9-15-26,38-27-16-10-6-11-17-27)39-28-18-12-7-13-19-28/h5-19,23-25,29-31,33H,20-22H2,1-4H3/t24-,25-,29+,30-,31-,33-/m1/s1. The van der Waals surface area contributed by atoms with E-state index in [1.807, 2.05) is 42.6 Å². The maximum Gasteiger partial charge on any atom is 0.311 e. The summed E-state index contributed by atoms with van der Waals surface area (Å²) in [6, 6.07) is 31.7. The zero-order chi connectivity index (χ0) is 27.4. The van der Waals surface area contributed by atoms with Crippen molar-refractivity contribution in [3.05, 3.63) is 96.6 Å². The molecule has 3 aromatic rings. The molecule has 0 amide bonds. The number of carbonyl (C=O) groups is 1. The zero-order valence-corrected chi connectivity index (χ0v) is 25.0. The van der Waals surface area contributed by atoms with Gasteiger partial charge in [0.1, 0.15) is 4.08 Å². The Kier molecular flexibility index (Phi) is 9.10. The molecule has 3 nitrogen and oxygen atoms in total. The van der Waals surface area contributed by atoms with Gasteiger partial charge in [-0.2, -0.15) is 0 Å². The number of carbonyl (C=O) groups excluding carboxylic acids is 1. The first-order chi connectivity index (χ1) is 18.9. The molecule has 1 heterocycles. The van der Waals surface area contributed by atoms with Crippen LogP contribution in [0.1, 0.15) is 52.5 Å². The summed E-state index contributed by atoms with van der Waals surface area (Å²) in [6.07, 6.45) is 2.86. The number of ether oxygens (including phenoxy) is 2. The minimum Gasteiger partial charge on any atom is -0.435 e. The number of hydrogen-bond acceptors (Lipinski definition) is 5. The van der Waals surface area contributed by atoms with Gasteiger partial charge in [-0.3, -0.25) is 4.79 Å². The summed E-state index contributed by atoms with van der Waals surface area (Å²) in [7, 11) is 0. The average molecular weight is 561 g/mol. The molecule has 0 aromatic heterocycles. The topological polar surface area (TPSA) is 35.5 Å². The van der Waals surface area contributed by atoms with Crippen LogP contribution in [0.3, 0.4) is 0 Å². The zero-order valence-electron chi connectivity index (χ0n) is 23.4. The van der Waals surface area contributed by atoms with E-state index in [-0.39, 0.29) is 23.9 Å². The lowest BCUT2D eigenvalue weighted by Gasteiger charge is -2.43. The van der Waals surface area contributed by atoms with Crippen LogP contribution in [0.15, 0.2) is 101 Å². The van der Waals surface area contributed by atoms with Crippen LogP contribution < -0.4 is 0 Å². The fraction of sp³-hybridized carbons (Fsp3) is 0.441. The number of cyclic esters (lactones) is 1. The molecule has 0 N–H and O–H groups in total. The molecule has 2 aliphatic rings. The molecule has 0 unspecified atom stereocenters. The Morgan fingerprint density at radius 2 is 1.36 bits per heavy atom. The van der Waals surface area contributed by atoms with Gasteiger partial charge in [0.25, 0.3) is 0 Å². The van der Waals surface area contributed by atoms with Gasteiger partial charge in [0.15, 0.2) is 0 Å². The van der Waals surface area contributed by atoms with Crippen molar-refractivity contribution in [3.63, 3.8) is 0 Å². The summed E-state index contributed by atoms with van der Waals surface area (Å²) in [5.74, 6) is 0.902. The van der Waals surface area contributed by atoms with Crippen molar-refractivity contribution in [2.75, 3.05) is 0 Å². The van der Waals surface area contributed by atoms with E-state index in [0.29, 0.717) is 17.8 Å². The van der Waals surface area contributed by atoms with Crippen molar-refractivity contribution in [2.24, 2.45) is 29.6 Å². The molecule has 0 radical (unpaired) electrons. The van der Waals surface area contributed by atoms with Gasteiger partial charge in [-0.25, -0.2) is 0 Å². The summed E-state index contributed by atoms with van der Waals surface area (Å²) in [6.45, 7) is 8.93. The largest absolute Gasteiger partial charge is 0.435 e. The quantitative estimate of drug-likeness (QED) is 0.148. The molecule has 3 aromatic carbocycles. The minimum atomic E-state index is -0.614. The van der Waals surface area contributed by atoms with E-state index in [9.17, 15) is 4.79 Å². The maximum absolute atomic E-state index is 13.4. The van der Waals surface area contributed by atoms with E-state index in [1.165, 1.54) is 6.42 Å². The summed E-state index contributed by atoms with van der Waals surface area (Å²) in [4.78, 5) is 15.7. The summed E-state index contributed by atoms with van der Waals surface area (Å²) in [5, 5.41) is 0. The Bertz CT molecular complexity index is 1160. The minimum absolute atomic E-state index is 0.0799. The van der Waals surface area contributed by atoms with Crippen LogP contribution in [0.5, 0.6) is 0 Å². The van der Waals surface area contributed by atoms with Gasteiger partial charge in [0.2, 0.25) is 6.29 Å². The number of thioether (sulfide) groups is 2. The SMILES string of the molecule is CC(C)[C@@H]1CC[C@@H](C)C[C@H]1O[C@@H]1OC(=O)[C@H](C)[C@H]1C(Sc1ccccc1)(Sc1ccccc1)c1ccccc1. The summed E-state index contributed by atoms with van der Waals surface area (Å²) >= 11 is 3.62. The fourth-order valence-electron chi connectivity index (χ4n) is 6.21. The number of hydrogen-bond donors (Lipinski definition) is 0. The summed E-state index contributed by atoms with van der Waals surface area (Å²) in [5.41, 5.74) is 1.16. The Morgan fingerprint density at radius 1 is 0.821 bits per heavy atom. The molecular formula is C34H40O3S2. The van der Waals surface area contributed by atoms with Gasteiger partial charge in [-0.05, 0) is 60.4 Å². The molecule has 39 heavy (non-hydrogen) atoms. The Hall–Kier alpha value is -2.21. The lowest BCUT2D eigenvalue weighted by atomic mass is 9.75. The first-order valence-electron chi connectivity index (χ1n) is 14.3. The van der Waals surface area contributed by atoms with Crippen LogP contribution in [0.25, 0.3) is 0 Å². The lowest BCUT2D eigenvalue weighted by Crippen LogP contribution is -2.43. The molecule has 0 bridgehead atoms. The highest BCUT2D eigenvalue weighted by Crippen LogP contribution is 2.62. The van der Waals surface area contributed by atoms with Crippen LogP contribution >= 0.6 is 23.5 Å². The third-order valence-corrected chi connectivity index (χ3v) is 11.5.